The molecule has 1 aromatic heterocycles. The van der Waals surface area contributed by atoms with Crippen molar-refractivity contribution in [1.82, 2.24) is 4.57 Å². The Morgan fingerprint density at radius 3 is 2.85 bits per heavy atom. The van der Waals surface area contributed by atoms with Crippen molar-refractivity contribution in [2.24, 2.45) is 0 Å². The predicted octanol–water partition coefficient (Wildman–Crippen LogP) is 0.00780. The van der Waals surface area contributed by atoms with Gasteiger partial charge in [-0.15, -0.1) is 0 Å². The van der Waals surface area contributed by atoms with Crippen LogP contribution in [-0.2, 0) is 0 Å². The van der Waals surface area contributed by atoms with Crippen molar-refractivity contribution in [2.45, 2.75) is 12.5 Å². The van der Waals surface area contributed by atoms with Gasteiger partial charge in [0.2, 0.25) is 0 Å². The minimum atomic E-state index is -0.780. The van der Waals surface area contributed by atoms with E-state index in [-0.39, 0.29) is 5.56 Å². The summed E-state index contributed by atoms with van der Waals surface area (Å²) >= 11 is 0. The van der Waals surface area contributed by atoms with Crippen LogP contribution in [0.25, 0.3) is 17.8 Å². The fourth-order valence-corrected chi connectivity index (χ4v) is 2.28. The summed E-state index contributed by atoms with van der Waals surface area (Å²) in [6.45, 7) is 0. The van der Waals surface area contributed by atoms with Gasteiger partial charge in [-0.1, -0.05) is 6.08 Å². The first-order valence-electron chi connectivity index (χ1n) is 6.17. The number of aliphatic hydroxyl groups excluding tert-OH is 1. The van der Waals surface area contributed by atoms with E-state index in [2.05, 4.69) is 0 Å². The number of phenols is 1. The zero-order valence-corrected chi connectivity index (χ0v) is 10.5. The largest absolute Gasteiger partial charge is 0.505 e. The first kappa shape index (κ1) is 12.6. The Balaban J connectivity index is 2.25. The molecule has 1 aliphatic rings. The first-order chi connectivity index (χ1) is 9.56. The van der Waals surface area contributed by atoms with E-state index in [0.29, 0.717) is 22.5 Å². The van der Waals surface area contributed by atoms with Crippen LogP contribution >= 0.6 is 0 Å². The maximum Gasteiger partial charge on any atom is 0.262 e. The lowest BCUT2D eigenvalue weighted by Crippen LogP contribution is -2.46. The smallest absolute Gasteiger partial charge is 0.262 e. The normalized spacial score (nSPS) is 17.0. The van der Waals surface area contributed by atoms with Crippen molar-refractivity contribution >= 4 is 12.2 Å². The molecule has 4 nitrogen and oxygen atoms in total. The summed E-state index contributed by atoms with van der Waals surface area (Å²) in [7, 11) is 0. The van der Waals surface area contributed by atoms with Gasteiger partial charge in [-0.3, -0.25) is 9.36 Å². The molecule has 1 heterocycles. The third-order valence-electron chi connectivity index (χ3n) is 3.31. The molecule has 1 atom stereocenters. The second kappa shape index (κ2) is 4.61. The molecule has 0 amide bonds. The SMILES string of the molecule is O=c1c2c(ccn1-c1ccc(O)c(F)c1)=CC(O)CC=2. The maximum absolute atomic E-state index is 13.4. The molecule has 0 aliphatic heterocycles. The second-order valence-electron chi connectivity index (χ2n) is 4.67. The second-order valence-corrected chi connectivity index (χ2v) is 4.67. The maximum atomic E-state index is 13.4. The van der Waals surface area contributed by atoms with Crippen LogP contribution in [-0.4, -0.2) is 20.9 Å². The van der Waals surface area contributed by atoms with Crippen molar-refractivity contribution in [3.05, 3.63) is 57.1 Å². The van der Waals surface area contributed by atoms with Crippen LogP contribution in [0.1, 0.15) is 6.42 Å². The molecule has 2 aromatic rings. The topological polar surface area (TPSA) is 62.5 Å². The van der Waals surface area contributed by atoms with E-state index >= 15 is 0 Å². The summed E-state index contributed by atoms with van der Waals surface area (Å²) in [5, 5.41) is 19.9. The van der Waals surface area contributed by atoms with Crippen molar-refractivity contribution in [1.29, 1.82) is 0 Å². The lowest BCUT2D eigenvalue weighted by Gasteiger charge is -2.10. The lowest BCUT2D eigenvalue weighted by atomic mass is 10.1. The van der Waals surface area contributed by atoms with Crippen LogP contribution in [0.5, 0.6) is 5.75 Å². The predicted molar refractivity (Wildman–Crippen MR) is 72.5 cm³/mol. The molecular weight excluding hydrogens is 261 g/mol. The monoisotopic (exact) mass is 273 g/mol. The standard InChI is InChI=1S/C15H12FNO3/c16-13-8-10(1-4-14(13)19)17-6-5-9-7-11(18)2-3-12(9)15(17)20/h1,3-8,11,18-19H,2H2. The molecule has 3 rings (SSSR count). The Bertz CT molecular complexity index is 854. The Morgan fingerprint density at radius 2 is 2.10 bits per heavy atom. The summed E-state index contributed by atoms with van der Waals surface area (Å²) in [5.74, 6) is -1.24. The molecule has 1 unspecified atom stereocenters. The van der Waals surface area contributed by atoms with E-state index < -0.39 is 17.7 Å². The van der Waals surface area contributed by atoms with E-state index in [1.807, 2.05) is 0 Å². The highest BCUT2D eigenvalue weighted by molar-refractivity contribution is 5.43. The minimum absolute atomic E-state index is 0.282. The summed E-state index contributed by atoms with van der Waals surface area (Å²) in [4.78, 5) is 12.4. The van der Waals surface area contributed by atoms with E-state index in [4.69, 9.17) is 0 Å². The van der Waals surface area contributed by atoms with E-state index in [1.165, 1.54) is 22.9 Å². The van der Waals surface area contributed by atoms with Gasteiger partial charge in [-0.25, -0.2) is 4.39 Å². The van der Waals surface area contributed by atoms with Crippen LogP contribution < -0.4 is 16.0 Å². The van der Waals surface area contributed by atoms with Gasteiger partial charge in [0.25, 0.3) is 5.56 Å². The van der Waals surface area contributed by atoms with Gasteiger partial charge in [-0.2, -0.15) is 0 Å². The van der Waals surface area contributed by atoms with Crippen molar-refractivity contribution < 1.29 is 14.6 Å². The Hall–Kier alpha value is -2.40. The molecule has 1 aliphatic carbocycles. The summed E-state index contributed by atoms with van der Waals surface area (Å²) in [6, 6.07) is 5.47. The molecule has 0 fully saturated rings. The van der Waals surface area contributed by atoms with Crippen LogP contribution in [0.2, 0.25) is 0 Å². The number of aromatic hydroxyl groups is 1. The zero-order valence-electron chi connectivity index (χ0n) is 10.5. The van der Waals surface area contributed by atoms with Crippen LogP contribution in [0.3, 0.4) is 0 Å². The molecule has 0 saturated heterocycles. The number of hydrogen-bond donors (Lipinski definition) is 2. The quantitative estimate of drug-likeness (QED) is 0.769. The average molecular weight is 273 g/mol. The van der Waals surface area contributed by atoms with Crippen LogP contribution in [0.4, 0.5) is 4.39 Å². The molecular formula is C15H12FNO3. The van der Waals surface area contributed by atoms with Crippen molar-refractivity contribution in [2.75, 3.05) is 0 Å². The fourth-order valence-electron chi connectivity index (χ4n) is 2.28. The zero-order chi connectivity index (χ0) is 14.3. The third-order valence-corrected chi connectivity index (χ3v) is 3.31. The Kier molecular flexibility index (Phi) is 2.91. The molecule has 102 valence electrons. The minimum Gasteiger partial charge on any atom is -0.505 e. The number of pyridine rings is 1. The highest BCUT2D eigenvalue weighted by Crippen LogP contribution is 2.17. The number of aromatic nitrogens is 1. The Labute approximate surface area is 113 Å². The molecule has 20 heavy (non-hydrogen) atoms. The third kappa shape index (κ3) is 2.02. The van der Waals surface area contributed by atoms with E-state index in [9.17, 15) is 19.4 Å². The number of fused-ring (bicyclic) bond motifs is 1. The van der Waals surface area contributed by atoms with Crippen molar-refractivity contribution in [3.8, 4) is 11.4 Å². The summed E-state index contributed by atoms with van der Waals surface area (Å²) in [6.07, 6.45) is 4.63. The number of nitrogens with zero attached hydrogens (tertiary/aromatic N) is 1. The van der Waals surface area contributed by atoms with Gasteiger partial charge < -0.3 is 10.2 Å². The van der Waals surface area contributed by atoms with Gasteiger partial charge in [0, 0.05) is 17.5 Å². The molecule has 0 bridgehead atoms. The first-order valence-corrected chi connectivity index (χ1v) is 6.17. The fraction of sp³-hybridized carbons (Fsp3) is 0.133. The molecule has 0 spiro atoms. The van der Waals surface area contributed by atoms with E-state index in [0.717, 1.165) is 6.07 Å². The molecule has 1 aromatic carbocycles. The number of halogens is 1. The number of rotatable bonds is 1. The summed E-state index contributed by atoms with van der Waals surface area (Å²) in [5.41, 5.74) is 0.0587. The highest BCUT2D eigenvalue weighted by atomic mass is 19.1. The average Bonchev–Trinajstić information content (AvgIpc) is 2.42. The Morgan fingerprint density at radius 1 is 1.30 bits per heavy atom. The molecule has 5 heteroatoms. The lowest BCUT2D eigenvalue weighted by molar-refractivity contribution is 0.244. The van der Waals surface area contributed by atoms with E-state index in [1.54, 1.807) is 18.2 Å². The molecule has 0 radical (unpaired) electrons. The van der Waals surface area contributed by atoms with Crippen LogP contribution in [0.15, 0.2) is 35.3 Å². The number of hydrogen-bond acceptors (Lipinski definition) is 3. The van der Waals surface area contributed by atoms with Gasteiger partial charge in [0.05, 0.1) is 11.8 Å². The number of aliphatic hydroxyl groups is 1. The van der Waals surface area contributed by atoms with Gasteiger partial charge in [0.15, 0.2) is 11.6 Å². The molecule has 2 N–H and O–H groups in total. The summed E-state index contributed by atoms with van der Waals surface area (Å²) < 4.78 is 14.7. The van der Waals surface area contributed by atoms with Gasteiger partial charge in [-0.05, 0) is 35.9 Å². The molecule has 0 saturated carbocycles. The van der Waals surface area contributed by atoms with Crippen LogP contribution in [0, 0.1) is 5.82 Å². The van der Waals surface area contributed by atoms with Gasteiger partial charge >= 0.3 is 0 Å². The number of phenolic OH excluding ortho intramolecular Hbond substituents is 1. The number of benzene rings is 1. The van der Waals surface area contributed by atoms with Gasteiger partial charge in [0.1, 0.15) is 0 Å². The highest BCUT2D eigenvalue weighted by Gasteiger charge is 2.09. The van der Waals surface area contributed by atoms with Crippen molar-refractivity contribution in [3.63, 3.8) is 0 Å².